The van der Waals surface area contributed by atoms with Crippen LogP contribution in [0.3, 0.4) is 0 Å². The number of aromatic nitrogens is 3. The zero-order chi connectivity index (χ0) is 17.8. The summed E-state index contributed by atoms with van der Waals surface area (Å²) in [5.74, 6) is -0.826. The minimum atomic E-state index is -1.08. The van der Waals surface area contributed by atoms with Gasteiger partial charge in [0, 0.05) is 17.8 Å². The fourth-order valence-electron chi connectivity index (χ4n) is 3.82. The Hall–Kier alpha value is -2.15. The fourth-order valence-corrected chi connectivity index (χ4v) is 3.82. The Bertz CT molecular complexity index is 818. The second-order valence-electron chi connectivity index (χ2n) is 7.78. The van der Waals surface area contributed by atoms with E-state index in [1.807, 2.05) is 20.0 Å². The van der Waals surface area contributed by atoms with Gasteiger partial charge in [0.2, 0.25) is 5.65 Å². The largest absolute Gasteiger partial charge is 0.476 e. The molecule has 5 rings (SSSR count). The number of carboxylic acids is 1. The molecule has 0 radical (unpaired) electrons. The Balaban J connectivity index is 1.80. The predicted octanol–water partition coefficient (Wildman–Crippen LogP) is 2.82. The van der Waals surface area contributed by atoms with Gasteiger partial charge in [-0.2, -0.15) is 0 Å². The predicted molar refractivity (Wildman–Crippen MR) is 90.2 cm³/mol. The van der Waals surface area contributed by atoms with Crippen molar-refractivity contribution in [3.8, 4) is 5.88 Å². The summed E-state index contributed by atoms with van der Waals surface area (Å²) in [5.41, 5.74) is 1.35. The highest BCUT2D eigenvalue weighted by molar-refractivity contribution is 5.85. The van der Waals surface area contributed by atoms with E-state index in [9.17, 15) is 9.90 Å². The van der Waals surface area contributed by atoms with Gasteiger partial charge in [-0.3, -0.25) is 4.40 Å². The number of nitrogens with zero attached hydrogens (tertiary/aromatic N) is 3. The van der Waals surface area contributed by atoms with Crippen LogP contribution in [0.4, 0.5) is 0 Å². The molecule has 2 bridgehead atoms. The number of carboxylic acid groups (broad SMARTS) is 1. The number of imidazole rings is 1. The van der Waals surface area contributed by atoms with E-state index in [-0.39, 0.29) is 28.7 Å². The smallest absolute Gasteiger partial charge is 0.356 e. The van der Waals surface area contributed by atoms with Crippen LogP contribution in [0.2, 0.25) is 0 Å². The average molecular weight is 345 g/mol. The first-order chi connectivity index (χ1) is 11.8. The number of aromatic carboxylic acids is 1. The van der Waals surface area contributed by atoms with Crippen molar-refractivity contribution in [1.82, 2.24) is 14.4 Å². The third-order valence-electron chi connectivity index (χ3n) is 5.48. The summed E-state index contributed by atoms with van der Waals surface area (Å²) in [5, 5.41) is 9.32. The van der Waals surface area contributed by atoms with Gasteiger partial charge in [0.1, 0.15) is 0 Å². The summed E-state index contributed by atoms with van der Waals surface area (Å²) < 4.78 is 13.5. The average Bonchev–Trinajstić information content (AvgIpc) is 3.00. The maximum Gasteiger partial charge on any atom is 0.356 e. The van der Waals surface area contributed by atoms with Crippen molar-refractivity contribution in [3.05, 3.63) is 23.8 Å². The van der Waals surface area contributed by atoms with Gasteiger partial charge >= 0.3 is 5.97 Å². The summed E-state index contributed by atoms with van der Waals surface area (Å²) in [7, 11) is 0. The first kappa shape index (κ1) is 16.3. The molecule has 7 heteroatoms. The van der Waals surface area contributed by atoms with E-state index < -0.39 is 5.97 Å². The van der Waals surface area contributed by atoms with Crippen LogP contribution < -0.4 is 4.74 Å². The van der Waals surface area contributed by atoms with Crippen LogP contribution >= 0.6 is 0 Å². The Morgan fingerprint density at radius 2 is 2.00 bits per heavy atom. The Morgan fingerprint density at radius 1 is 1.28 bits per heavy atom. The molecule has 1 saturated carbocycles. The summed E-state index contributed by atoms with van der Waals surface area (Å²) in [6.45, 7) is 6.60. The number of rotatable bonds is 4. The van der Waals surface area contributed by atoms with Gasteiger partial charge in [0.25, 0.3) is 5.88 Å². The third-order valence-corrected chi connectivity index (χ3v) is 5.48. The zero-order valence-corrected chi connectivity index (χ0v) is 14.8. The van der Waals surface area contributed by atoms with Crippen molar-refractivity contribution in [3.63, 3.8) is 0 Å². The van der Waals surface area contributed by atoms with E-state index >= 15 is 0 Å². The quantitative estimate of drug-likeness (QED) is 0.917. The highest BCUT2D eigenvalue weighted by Crippen LogP contribution is 2.49. The van der Waals surface area contributed by atoms with Gasteiger partial charge in [-0.25, -0.2) is 14.8 Å². The highest BCUT2D eigenvalue weighted by atomic mass is 16.5. The van der Waals surface area contributed by atoms with Crippen molar-refractivity contribution < 1.29 is 19.4 Å². The van der Waals surface area contributed by atoms with Crippen LogP contribution in [0.15, 0.2) is 12.4 Å². The van der Waals surface area contributed by atoms with Crippen molar-refractivity contribution in [1.29, 1.82) is 0 Å². The van der Waals surface area contributed by atoms with Crippen LogP contribution in [0, 0.1) is 0 Å². The minimum Gasteiger partial charge on any atom is -0.476 e. The monoisotopic (exact) mass is 345 g/mol. The maximum atomic E-state index is 11.4. The maximum absolute atomic E-state index is 11.4. The molecule has 0 atom stereocenters. The lowest BCUT2D eigenvalue weighted by atomic mass is 9.65. The van der Waals surface area contributed by atoms with Crippen LogP contribution in [0.25, 0.3) is 5.65 Å². The summed E-state index contributed by atoms with van der Waals surface area (Å²) in [6.07, 6.45) is 7.40. The van der Waals surface area contributed by atoms with Gasteiger partial charge in [0.05, 0.1) is 24.0 Å². The van der Waals surface area contributed by atoms with Crippen LogP contribution in [0.1, 0.15) is 62.6 Å². The van der Waals surface area contributed by atoms with E-state index in [4.69, 9.17) is 14.5 Å². The van der Waals surface area contributed by atoms with E-state index in [1.54, 1.807) is 4.40 Å². The lowest BCUT2D eigenvalue weighted by Gasteiger charge is -2.51. The molecule has 7 nitrogen and oxygen atoms in total. The van der Waals surface area contributed by atoms with Crippen molar-refractivity contribution in [2.24, 2.45) is 0 Å². The Labute approximate surface area is 146 Å². The molecule has 0 aromatic carbocycles. The topological polar surface area (TPSA) is 86.0 Å². The second-order valence-corrected chi connectivity index (χ2v) is 7.78. The summed E-state index contributed by atoms with van der Waals surface area (Å²) >= 11 is 0. The number of hydrogen-bond donors (Lipinski definition) is 1. The number of carbonyl (C=O) groups is 1. The molecule has 0 amide bonds. The van der Waals surface area contributed by atoms with E-state index in [1.165, 1.54) is 6.20 Å². The van der Waals surface area contributed by atoms with Crippen LogP contribution in [-0.2, 0) is 10.2 Å². The van der Waals surface area contributed by atoms with Gasteiger partial charge in [0.15, 0.2) is 5.69 Å². The van der Waals surface area contributed by atoms with Crippen molar-refractivity contribution in [2.75, 3.05) is 6.61 Å². The molecule has 2 aliphatic heterocycles. The SMILES string of the molecule is CC(C)Oc1nc(C(=O)O)cn2cc(C34CCC(C)(CC3)OC4)nc12. The molecule has 25 heavy (non-hydrogen) atoms. The highest BCUT2D eigenvalue weighted by Gasteiger charge is 2.49. The lowest BCUT2D eigenvalue weighted by Crippen LogP contribution is -2.51. The van der Waals surface area contributed by atoms with Gasteiger partial charge in [-0.15, -0.1) is 0 Å². The molecule has 4 heterocycles. The molecule has 1 aliphatic carbocycles. The molecule has 0 unspecified atom stereocenters. The molecule has 0 spiro atoms. The van der Waals surface area contributed by atoms with E-state index in [0.717, 1.165) is 31.4 Å². The normalized spacial score (nSPS) is 28.6. The molecular formula is C18H23N3O4. The fraction of sp³-hybridized carbons (Fsp3) is 0.611. The molecule has 2 aromatic heterocycles. The number of fused-ring (bicyclic) bond motifs is 4. The van der Waals surface area contributed by atoms with Gasteiger partial charge in [-0.05, 0) is 46.5 Å². The van der Waals surface area contributed by atoms with Gasteiger partial charge < -0.3 is 14.6 Å². The molecule has 134 valence electrons. The van der Waals surface area contributed by atoms with Gasteiger partial charge in [-0.1, -0.05) is 0 Å². The standard InChI is InChI=1S/C18H23N3O4/c1-11(2)25-15-14-20-13(9-21(14)8-12(19-15)16(22)23)18-6-4-17(3,5-7-18)24-10-18/h8-9,11H,4-7,10H2,1-3H3,(H,22,23). The molecular weight excluding hydrogens is 322 g/mol. The molecule has 1 N–H and O–H groups in total. The first-order valence-corrected chi connectivity index (χ1v) is 8.74. The van der Waals surface area contributed by atoms with Crippen LogP contribution in [0.5, 0.6) is 5.88 Å². The number of ether oxygens (including phenoxy) is 2. The van der Waals surface area contributed by atoms with Crippen molar-refractivity contribution in [2.45, 2.75) is 63.6 Å². The second kappa shape index (κ2) is 5.42. The summed E-state index contributed by atoms with van der Waals surface area (Å²) in [6, 6.07) is 0. The molecule has 2 saturated heterocycles. The first-order valence-electron chi connectivity index (χ1n) is 8.74. The van der Waals surface area contributed by atoms with E-state index in [2.05, 4.69) is 11.9 Å². The zero-order valence-electron chi connectivity index (χ0n) is 14.8. The third kappa shape index (κ3) is 2.66. The number of hydrogen-bond acceptors (Lipinski definition) is 5. The Morgan fingerprint density at radius 3 is 2.56 bits per heavy atom. The molecule has 2 aromatic rings. The lowest BCUT2D eigenvalue weighted by molar-refractivity contribution is -0.146. The van der Waals surface area contributed by atoms with E-state index in [0.29, 0.717) is 12.3 Å². The van der Waals surface area contributed by atoms with Crippen molar-refractivity contribution >= 4 is 11.6 Å². The molecule has 3 fully saturated rings. The Kier molecular flexibility index (Phi) is 3.54. The minimum absolute atomic E-state index is 0.00482. The summed E-state index contributed by atoms with van der Waals surface area (Å²) in [4.78, 5) is 20.3. The van der Waals surface area contributed by atoms with Crippen LogP contribution in [-0.4, -0.2) is 43.8 Å². The molecule has 3 aliphatic rings.